The minimum Gasteiger partial charge on any atom is -0.511 e. The monoisotopic (exact) mass is 1340 g/mol. The van der Waals surface area contributed by atoms with E-state index >= 15 is 4.79 Å². The number of aliphatic hydroxyl groups excluding tert-OH is 4. The maximum atomic E-state index is 15.6. The Morgan fingerprint density at radius 3 is 2.01 bits per heavy atom. The fourth-order valence-corrected chi connectivity index (χ4v) is 17.0. The molecule has 0 aromatic heterocycles. The number of aldehydes is 1. The third kappa shape index (κ3) is 14.4. The largest absolute Gasteiger partial charge is 0.511 e. The summed E-state index contributed by atoms with van der Waals surface area (Å²) < 4.78 is 82.1. The molecule has 26 heteroatoms. The molecule has 10 rings (SSSR count). The van der Waals surface area contributed by atoms with E-state index < -0.39 is 216 Å². The molecular formula is C69H100N2O24. The summed E-state index contributed by atoms with van der Waals surface area (Å²) in [5.74, 6) is -6.86. The summed E-state index contributed by atoms with van der Waals surface area (Å²) in [7, 11) is 1.15. The summed E-state index contributed by atoms with van der Waals surface area (Å²) in [4.78, 5) is 81.3. The number of esters is 2. The van der Waals surface area contributed by atoms with Crippen LogP contribution in [0.25, 0.3) is 0 Å². The first-order valence-electron chi connectivity index (χ1n) is 34.0. The molecule has 1 spiro atoms. The van der Waals surface area contributed by atoms with Crippen LogP contribution in [0.1, 0.15) is 154 Å². The number of ketones is 1. The number of amides is 1. The maximum Gasteiger partial charge on any atom is 0.407 e. The Kier molecular flexibility index (Phi) is 22.2. The number of hydrogen-bond acceptors (Lipinski definition) is 24. The molecule has 4 aliphatic carbocycles. The van der Waals surface area contributed by atoms with Crippen LogP contribution < -0.4 is 5.32 Å². The van der Waals surface area contributed by atoms with Crippen molar-refractivity contribution < 1.29 is 111 Å². The van der Waals surface area contributed by atoms with E-state index in [1.165, 1.54) is 13.0 Å². The van der Waals surface area contributed by atoms with Crippen molar-refractivity contribution >= 4 is 30.1 Å². The zero-order valence-electron chi connectivity index (χ0n) is 57.0. The van der Waals surface area contributed by atoms with Crippen molar-refractivity contribution in [1.82, 2.24) is 5.32 Å². The van der Waals surface area contributed by atoms with Crippen molar-refractivity contribution in [2.75, 3.05) is 7.11 Å². The lowest BCUT2D eigenvalue weighted by atomic mass is 9.49. The molecule has 1 amide bonds. The first-order chi connectivity index (χ1) is 44.8. The smallest absolute Gasteiger partial charge is 0.407 e. The second-order valence-electron chi connectivity index (χ2n) is 29.2. The minimum atomic E-state index is -2.20. The summed E-state index contributed by atoms with van der Waals surface area (Å²) in [6, 6.07) is -1.13. The summed E-state index contributed by atoms with van der Waals surface area (Å²) in [5.41, 5.74) is -4.92. The van der Waals surface area contributed by atoms with Crippen LogP contribution in [-0.4, -0.2) is 197 Å². The number of Topliss-reactive ketones (excluding diaryl/α,β-unsaturated/α-hetero) is 1. The lowest BCUT2D eigenvalue weighted by Crippen LogP contribution is -2.65. The van der Waals surface area contributed by atoms with E-state index in [0.29, 0.717) is 49.5 Å². The van der Waals surface area contributed by atoms with Crippen LogP contribution in [-0.2, 0) is 80.8 Å². The van der Waals surface area contributed by atoms with Gasteiger partial charge in [0.1, 0.15) is 35.9 Å². The molecule has 7 fully saturated rings. The molecule has 0 radical (unpaired) electrons. The average molecular weight is 1340 g/mol. The lowest BCUT2D eigenvalue weighted by molar-refractivity contribution is -0.584. The minimum absolute atomic E-state index is 0.00174. The highest BCUT2D eigenvalue weighted by molar-refractivity contribution is 6.26. The number of nitrogens with zero attached hydrogens (tertiary/aromatic N) is 1. The van der Waals surface area contributed by atoms with Crippen LogP contribution in [0.2, 0.25) is 0 Å². The van der Waals surface area contributed by atoms with Gasteiger partial charge in [-0.25, -0.2) is 9.59 Å². The van der Waals surface area contributed by atoms with Gasteiger partial charge in [-0.3, -0.25) is 24.5 Å². The van der Waals surface area contributed by atoms with E-state index in [-0.39, 0.29) is 43.1 Å². The average Bonchev–Trinajstić information content (AvgIpc) is 1.52. The lowest BCUT2D eigenvalue weighted by Gasteiger charge is -2.56. The van der Waals surface area contributed by atoms with E-state index in [9.17, 15) is 49.7 Å². The Labute approximate surface area is 555 Å². The van der Waals surface area contributed by atoms with Crippen LogP contribution in [0.4, 0.5) is 4.79 Å². The van der Waals surface area contributed by atoms with Crippen LogP contribution >= 0.6 is 0 Å². The summed E-state index contributed by atoms with van der Waals surface area (Å²) in [6.07, 6.45) is -4.28. The molecule has 10 aliphatic rings. The molecular weight excluding hydrogens is 1240 g/mol. The zero-order valence-corrected chi connectivity index (χ0v) is 57.0. The number of methoxy groups -OCH3 is 1. The molecule has 2 bridgehead atoms. The van der Waals surface area contributed by atoms with Crippen molar-refractivity contribution in [3.8, 4) is 0 Å². The van der Waals surface area contributed by atoms with Crippen LogP contribution in [0, 0.1) is 57.0 Å². The molecule has 5 N–H and O–H groups in total. The Morgan fingerprint density at radius 2 is 1.36 bits per heavy atom. The normalized spacial score (nSPS) is 47.5. The van der Waals surface area contributed by atoms with Gasteiger partial charge in [-0.2, -0.15) is 0 Å². The first kappa shape index (κ1) is 72.7. The van der Waals surface area contributed by atoms with E-state index in [1.54, 1.807) is 47.6 Å². The SMILES string of the molecule is COC(=O)NC1C(C)OC(OC2C/C=C(/C)C3C=CC4C(OC5CC(OC6CCC(OC7CC(O)C(OC8CCC(O)C(C)O8)C(C)O7)C(C)O6)C(OC(=O)C(C)C)C(C)O5)C(C)CC(C)C4C3(C)/C(O)=C3/C(=O)OC4(CC(C=O)=CC(O)C4/C=C/2C)C3=O)CC1(C)[N+](=O)[O-]. The number of ether oxygens (including phenoxy) is 13. The summed E-state index contributed by atoms with van der Waals surface area (Å²) in [5, 5.41) is 62.1. The molecule has 29 atom stereocenters. The number of alkyl carbamates (subject to hydrolysis) is 1. The quantitative estimate of drug-likeness (QED) is 0.0209. The predicted molar refractivity (Wildman–Crippen MR) is 334 cm³/mol. The third-order valence-corrected chi connectivity index (χ3v) is 22.1. The number of carbonyl (C=O) groups is 5. The highest BCUT2D eigenvalue weighted by atomic mass is 16.8. The van der Waals surface area contributed by atoms with Crippen molar-refractivity contribution in [2.45, 2.75) is 288 Å². The Morgan fingerprint density at radius 1 is 0.726 bits per heavy atom. The number of allylic oxidation sites excluding steroid dienone is 3. The second-order valence-corrected chi connectivity index (χ2v) is 29.2. The van der Waals surface area contributed by atoms with Crippen molar-refractivity contribution in [2.24, 2.45) is 46.8 Å². The number of aliphatic hydroxyl groups is 4. The number of nitro groups is 1. The van der Waals surface area contributed by atoms with Crippen LogP contribution in [0.5, 0.6) is 0 Å². The fraction of sp³-hybridized carbons (Fsp3) is 0.783. The number of rotatable bonds is 15. The molecule has 6 saturated heterocycles. The second kappa shape index (κ2) is 29.0. The molecule has 530 valence electrons. The predicted octanol–water partition coefficient (Wildman–Crippen LogP) is 7.00. The topological polar surface area (TPSA) is 341 Å². The van der Waals surface area contributed by atoms with E-state index in [0.717, 1.165) is 7.11 Å². The third-order valence-electron chi connectivity index (χ3n) is 22.1. The molecule has 1 saturated carbocycles. The number of carbonyl (C=O) groups excluding carboxylic acids is 5. The Bertz CT molecular complexity index is 3010. The van der Waals surface area contributed by atoms with Gasteiger partial charge >= 0.3 is 18.0 Å². The van der Waals surface area contributed by atoms with Gasteiger partial charge < -0.3 is 87.3 Å². The molecule has 6 aliphatic heterocycles. The number of nitrogens with one attached hydrogen (secondary N) is 1. The van der Waals surface area contributed by atoms with E-state index in [2.05, 4.69) is 25.2 Å². The molecule has 0 aromatic carbocycles. The van der Waals surface area contributed by atoms with Crippen molar-refractivity contribution in [1.29, 1.82) is 0 Å². The van der Waals surface area contributed by atoms with Crippen molar-refractivity contribution in [3.05, 3.63) is 68.5 Å². The van der Waals surface area contributed by atoms with Gasteiger partial charge in [0.2, 0.25) is 11.3 Å². The van der Waals surface area contributed by atoms with Crippen LogP contribution in [0.3, 0.4) is 0 Å². The number of hydrogen-bond donors (Lipinski definition) is 5. The molecule has 26 nitrogen and oxygen atoms in total. The van der Waals surface area contributed by atoms with Gasteiger partial charge in [-0.05, 0) is 109 Å². The zero-order chi connectivity index (χ0) is 69.1. The highest BCUT2D eigenvalue weighted by Crippen LogP contribution is 2.61. The van der Waals surface area contributed by atoms with Gasteiger partial charge in [0.05, 0.1) is 92.5 Å². The molecule has 0 aromatic rings. The standard InChI is InChI=1S/C69H100N2O24/c1-31(2)64(78)94-60-39(10)87-54(27-50(60)91-51-22-20-49(37(8)85-51)90-53-26-47(75)59(38(9)86-53)92-52-21-18-45(73)36(7)84-52)93-58-35(6)23-34(5)57-42(58)16-17-43-32(3)15-19-48(89-55-29-67(12,71(81)82)61(40(11)88-55)70-66(80)83-14)33(4)24-44-46(74)25-41(30-72)28-69(44)63(77)56(65(79)95-69)62(76)68(43,57)13/h15-17,24-25,30-31,34-40,42-55,57-61,73-76H,18-23,26-29H2,1-14H3,(H,70,80)/b32-15-,33-24+,62-56-. The van der Waals surface area contributed by atoms with Gasteiger partial charge in [0.25, 0.3) is 0 Å². The Hall–Kier alpha value is -5.07. The molecule has 29 unspecified atom stereocenters. The maximum absolute atomic E-state index is 15.6. The van der Waals surface area contributed by atoms with Gasteiger partial charge in [0, 0.05) is 61.2 Å². The summed E-state index contributed by atoms with van der Waals surface area (Å²) in [6.45, 7) is 23.3. The summed E-state index contributed by atoms with van der Waals surface area (Å²) >= 11 is 0. The van der Waals surface area contributed by atoms with E-state index in [4.69, 9.17) is 61.6 Å². The molecule has 6 heterocycles. The van der Waals surface area contributed by atoms with Crippen LogP contribution in [0.15, 0.2) is 58.4 Å². The Balaban J connectivity index is 0.914. The first-order valence-corrected chi connectivity index (χ1v) is 34.0. The molecule has 95 heavy (non-hydrogen) atoms. The van der Waals surface area contributed by atoms with E-state index in [1.807, 2.05) is 39.8 Å². The van der Waals surface area contributed by atoms with Gasteiger partial charge in [-0.15, -0.1) is 0 Å². The van der Waals surface area contributed by atoms with Crippen molar-refractivity contribution in [3.63, 3.8) is 0 Å². The van der Waals surface area contributed by atoms with Gasteiger partial charge in [0.15, 0.2) is 43.2 Å². The highest BCUT2D eigenvalue weighted by Gasteiger charge is 2.65. The van der Waals surface area contributed by atoms with Gasteiger partial charge in [-0.1, -0.05) is 64.5 Å². The number of fused-ring (bicyclic) bond motifs is 4. The fourth-order valence-electron chi connectivity index (χ4n) is 17.0.